The Hall–Kier alpha value is -2.62. The van der Waals surface area contributed by atoms with Gasteiger partial charge in [-0.2, -0.15) is 4.31 Å². The van der Waals surface area contributed by atoms with Gasteiger partial charge in [0.2, 0.25) is 15.9 Å². The lowest BCUT2D eigenvalue weighted by Gasteiger charge is -2.27. The second-order valence-corrected chi connectivity index (χ2v) is 9.81. The summed E-state index contributed by atoms with van der Waals surface area (Å²) in [5.74, 6) is -0.492. The molecule has 2 aromatic rings. The molecule has 2 N–H and O–H groups in total. The van der Waals surface area contributed by atoms with Crippen molar-refractivity contribution in [3.63, 3.8) is 0 Å². The summed E-state index contributed by atoms with van der Waals surface area (Å²) in [4.78, 5) is 24.4. The lowest BCUT2D eigenvalue weighted by molar-refractivity contribution is -0.123. The van der Waals surface area contributed by atoms with Gasteiger partial charge in [0.1, 0.15) is 5.75 Å². The van der Waals surface area contributed by atoms with E-state index in [1.807, 2.05) is 6.92 Å². The number of anilines is 2. The fourth-order valence-electron chi connectivity index (χ4n) is 3.16. The molecule has 166 valence electrons. The van der Waals surface area contributed by atoms with Crippen molar-refractivity contribution in [3.05, 3.63) is 46.5 Å². The highest BCUT2D eigenvalue weighted by atomic mass is 35.5. The molecular weight excluding hydrogens is 442 g/mol. The number of aryl methyl sites for hydroxylation is 2. The summed E-state index contributed by atoms with van der Waals surface area (Å²) in [6, 6.07) is 7.99. The number of carbonyl (C=O) groups is 2. The van der Waals surface area contributed by atoms with Crippen LogP contribution in [0.3, 0.4) is 0 Å². The molecule has 0 aromatic heterocycles. The van der Waals surface area contributed by atoms with E-state index in [1.54, 1.807) is 38.1 Å². The number of nitrogens with zero attached hydrogens (tertiary/aromatic N) is 1. The molecule has 0 bridgehead atoms. The number of benzene rings is 2. The molecule has 8 nitrogen and oxygen atoms in total. The lowest BCUT2D eigenvalue weighted by Crippen LogP contribution is -2.37. The number of rotatable bonds is 6. The molecule has 0 saturated heterocycles. The fourth-order valence-corrected chi connectivity index (χ4v) is 4.68. The van der Waals surface area contributed by atoms with Crippen molar-refractivity contribution in [1.29, 1.82) is 0 Å². The maximum absolute atomic E-state index is 13.1. The molecule has 1 aliphatic heterocycles. The van der Waals surface area contributed by atoms with Gasteiger partial charge in [0, 0.05) is 23.8 Å². The molecule has 2 amide bonds. The Morgan fingerprint density at radius 3 is 2.58 bits per heavy atom. The normalized spacial score (nSPS) is 15.8. The summed E-state index contributed by atoms with van der Waals surface area (Å²) in [5, 5.41) is 5.88. The summed E-state index contributed by atoms with van der Waals surface area (Å²) in [5.41, 5.74) is 2.19. The first kappa shape index (κ1) is 23.1. The highest BCUT2D eigenvalue weighted by Gasteiger charge is 2.31. The van der Waals surface area contributed by atoms with Crippen LogP contribution < -0.4 is 15.4 Å². The van der Waals surface area contributed by atoms with Crippen molar-refractivity contribution in [1.82, 2.24) is 4.31 Å². The van der Waals surface area contributed by atoms with E-state index in [-0.39, 0.29) is 23.1 Å². The van der Waals surface area contributed by atoms with E-state index in [4.69, 9.17) is 16.3 Å². The molecule has 0 fully saturated rings. The van der Waals surface area contributed by atoms with Crippen molar-refractivity contribution in [3.8, 4) is 5.75 Å². The van der Waals surface area contributed by atoms with Gasteiger partial charge < -0.3 is 15.4 Å². The lowest BCUT2D eigenvalue weighted by atomic mass is 10.1. The summed E-state index contributed by atoms with van der Waals surface area (Å²) < 4.78 is 32.9. The van der Waals surface area contributed by atoms with Gasteiger partial charge in [0.25, 0.3) is 5.91 Å². The third-order valence-corrected chi connectivity index (χ3v) is 7.33. The Bertz CT molecular complexity index is 1150. The Kier molecular flexibility index (Phi) is 6.59. The van der Waals surface area contributed by atoms with Gasteiger partial charge in [-0.05, 0) is 49.6 Å². The van der Waals surface area contributed by atoms with Crippen molar-refractivity contribution >= 4 is 44.8 Å². The molecule has 0 spiro atoms. The van der Waals surface area contributed by atoms with Crippen molar-refractivity contribution in [2.75, 3.05) is 24.2 Å². The summed E-state index contributed by atoms with van der Waals surface area (Å²) in [6.45, 7) is 4.87. The van der Waals surface area contributed by atoms with Crippen LogP contribution in [0.2, 0.25) is 5.02 Å². The third kappa shape index (κ3) is 4.84. The molecule has 0 radical (unpaired) electrons. The number of amides is 2. The van der Waals surface area contributed by atoms with Crippen LogP contribution in [-0.4, -0.2) is 44.2 Å². The van der Waals surface area contributed by atoms with Crippen LogP contribution in [0, 0.1) is 13.8 Å². The number of hydrogen-bond donors (Lipinski definition) is 2. The number of fused-ring (bicyclic) bond motifs is 1. The van der Waals surface area contributed by atoms with Gasteiger partial charge in [-0.3, -0.25) is 9.59 Å². The largest absolute Gasteiger partial charge is 0.478 e. The second kappa shape index (κ2) is 8.86. The van der Waals surface area contributed by atoms with E-state index in [1.165, 1.54) is 13.1 Å². The van der Waals surface area contributed by atoms with Crippen LogP contribution in [0.4, 0.5) is 11.4 Å². The standard InChI is InChI=1S/C21H24ClN3O5S/c1-5-17-21(27)24-16-8-13(3)19(10-18(16)30-17)31(28,29)25(4)11-20(26)23-14-7-6-12(2)15(22)9-14/h6-10,17H,5,11H2,1-4H3,(H,23,26)(H,24,27). The van der Waals surface area contributed by atoms with Gasteiger partial charge in [-0.1, -0.05) is 24.6 Å². The van der Waals surface area contributed by atoms with Gasteiger partial charge >= 0.3 is 0 Å². The predicted molar refractivity (Wildman–Crippen MR) is 119 cm³/mol. The first-order valence-corrected chi connectivity index (χ1v) is 11.5. The zero-order valence-corrected chi connectivity index (χ0v) is 19.2. The summed E-state index contributed by atoms with van der Waals surface area (Å²) >= 11 is 6.07. The number of carbonyl (C=O) groups excluding carboxylic acids is 2. The zero-order chi connectivity index (χ0) is 22.9. The number of nitrogens with one attached hydrogen (secondary N) is 2. The molecule has 1 unspecified atom stereocenters. The minimum absolute atomic E-state index is 0.00549. The Balaban J connectivity index is 1.79. The van der Waals surface area contributed by atoms with Gasteiger partial charge in [0.15, 0.2) is 6.10 Å². The molecule has 0 saturated carbocycles. The Morgan fingerprint density at radius 1 is 1.23 bits per heavy atom. The van der Waals surface area contributed by atoms with Gasteiger partial charge in [-0.15, -0.1) is 0 Å². The molecule has 0 aliphatic carbocycles. The smallest absolute Gasteiger partial charge is 0.265 e. The molecule has 1 aliphatic rings. The minimum atomic E-state index is -3.99. The van der Waals surface area contributed by atoms with Gasteiger partial charge in [0.05, 0.1) is 17.1 Å². The number of sulfonamides is 1. The van der Waals surface area contributed by atoms with E-state index in [0.717, 1.165) is 9.87 Å². The van der Waals surface area contributed by atoms with Crippen molar-refractivity contribution in [2.45, 2.75) is 38.2 Å². The Morgan fingerprint density at radius 2 is 1.94 bits per heavy atom. The van der Waals surface area contributed by atoms with Crippen LogP contribution in [0.25, 0.3) is 0 Å². The zero-order valence-electron chi connectivity index (χ0n) is 17.7. The van der Waals surface area contributed by atoms with E-state index < -0.39 is 22.0 Å². The fraction of sp³-hybridized carbons (Fsp3) is 0.333. The highest BCUT2D eigenvalue weighted by molar-refractivity contribution is 7.89. The van der Waals surface area contributed by atoms with Crippen LogP contribution in [0.15, 0.2) is 35.2 Å². The predicted octanol–water partition coefficient (Wildman–Crippen LogP) is 3.33. The molecule has 1 heterocycles. The molecule has 31 heavy (non-hydrogen) atoms. The monoisotopic (exact) mass is 465 g/mol. The molecule has 1 atom stereocenters. The summed E-state index contributed by atoms with van der Waals surface area (Å²) in [7, 11) is -2.66. The first-order valence-electron chi connectivity index (χ1n) is 9.67. The van der Waals surface area contributed by atoms with Crippen molar-refractivity contribution < 1.29 is 22.7 Å². The SMILES string of the molecule is CCC1Oc2cc(S(=O)(=O)N(C)CC(=O)Nc3ccc(C)c(Cl)c3)c(C)cc2NC1=O. The van der Waals surface area contributed by atoms with Gasteiger partial charge in [-0.25, -0.2) is 8.42 Å². The van der Waals surface area contributed by atoms with E-state index in [0.29, 0.717) is 28.4 Å². The van der Waals surface area contributed by atoms with Crippen LogP contribution in [0.1, 0.15) is 24.5 Å². The average Bonchev–Trinajstić information content (AvgIpc) is 2.69. The van der Waals surface area contributed by atoms with Crippen LogP contribution in [-0.2, 0) is 19.6 Å². The van der Waals surface area contributed by atoms with Crippen molar-refractivity contribution in [2.24, 2.45) is 0 Å². The van der Waals surface area contributed by atoms with E-state index in [2.05, 4.69) is 10.6 Å². The van der Waals surface area contributed by atoms with E-state index >= 15 is 0 Å². The molecule has 2 aromatic carbocycles. The first-order chi connectivity index (χ1) is 14.5. The van der Waals surface area contributed by atoms with Crippen LogP contribution >= 0.6 is 11.6 Å². The maximum atomic E-state index is 13.1. The second-order valence-electron chi connectivity index (χ2n) is 7.39. The maximum Gasteiger partial charge on any atom is 0.265 e. The molecule has 10 heteroatoms. The topological polar surface area (TPSA) is 105 Å². The van der Waals surface area contributed by atoms with Crippen LogP contribution in [0.5, 0.6) is 5.75 Å². The number of likely N-dealkylation sites (N-methyl/N-ethyl adjacent to an activating group) is 1. The number of hydrogen-bond acceptors (Lipinski definition) is 5. The summed E-state index contributed by atoms with van der Waals surface area (Å²) in [6.07, 6.45) is -0.236. The molecular formula is C21H24ClN3O5S. The average molecular weight is 466 g/mol. The third-order valence-electron chi connectivity index (χ3n) is 4.98. The quantitative estimate of drug-likeness (QED) is 0.680. The molecule has 3 rings (SSSR count). The minimum Gasteiger partial charge on any atom is -0.478 e. The van der Waals surface area contributed by atoms with E-state index in [9.17, 15) is 18.0 Å². The Labute approximate surface area is 186 Å². The highest BCUT2D eigenvalue weighted by Crippen LogP contribution is 2.35. The number of ether oxygens (including phenoxy) is 1. The number of halogens is 1.